The van der Waals surface area contributed by atoms with E-state index in [4.69, 9.17) is 4.74 Å². The summed E-state index contributed by atoms with van der Waals surface area (Å²) in [6.45, 7) is 10.1. The fourth-order valence-corrected chi connectivity index (χ4v) is 3.66. The first-order valence-electron chi connectivity index (χ1n) is 8.56. The molecule has 1 aromatic carbocycles. The van der Waals surface area contributed by atoms with Gasteiger partial charge in [0.05, 0.1) is 13.2 Å². The van der Waals surface area contributed by atoms with E-state index >= 15 is 0 Å². The number of carbonyl (C=O) groups excluding carboxylic acids is 1. The first-order chi connectivity index (χ1) is 11.6. The summed E-state index contributed by atoms with van der Waals surface area (Å²) in [5.41, 5.74) is 0.884. The Kier molecular flexibility index (Phi) is 7.89. The molecule has 1 aromatic rings. The van der Waals surface area contributed by atoms with Gasteiger partial charge in [0.1, 0.15) is 10.6 Å². The summed E-state index contributed by atoms with van der Waals surface area (Å²) in [7, 11) is -2.46. The Morgan fingerprint density at radius 2 is 1.80 bits per heavy atom. The monoisotopic (exact) mass is 370 g/mol. The van der Waals surface area contributed by atoms with Crippen LogP contribution in [0.25, 0.3) is 0 Å². The van der Waals surface area contributed by atoms with Gasteiger partial charge in [-0.15, -0.1) is 0 Å². The molecule has 1 rings (SSSR count). The zero-order valence-corrected chi connectivity index (χ0v) is 16.7. The van der Waals surface area contributed by atoms with Crippen LogP contribution < -0.4 is 14.8 Å². The highest BCUT2D eigenvalue weighted by atomic mass is 32.2. The second kappa shape index (κ2) is 9.20. The fourth-order valence-electron chi connectivity index (χ4n) is 2.25. The minimum Gasteiger partial charge on any atom is -0.495 e. The lowest BCUT2D eigenvalue weighted by molar-refractivity contribution is -0.122. The van der Waals surface area contributed by atoms with Gasteiger partial charge in [-0.3, -0.25) is 4.79 Å². The van der Waals surface area contributed by atoms with Gasteiger partial charge in [-0.2, -0.15) is 4.72 Å². The number of amides is 1. The molecule has 1 amide bonds. The van der Waals surface area contributed by atoms with E-state index in [1.54, 1.807) is 12.1 Å². The molecule has 142 valence electrons. The molecule has 2 N–H and O–H groups in total. The van der Waals surface area contributed by atoms with E-state index in [9.17, 15) is 13.2 Å². The van der Waals surface area contributed by atoms with Gasteiger partial charge >= 0.3 is 0 Å². The first kappa shape index (κ1) is 21.4. The SMILES string of the molecule is COc1ccc(C(C)C)cc1S(=O)(=O)NC(C)C(=O)NCCC(C)C. The summed E-state index contributed by atoms with van der Waals surface area (Å²) in [5.74, 6) is 0.555. The Labute approximate surface area is 151 Å². The van der Waals surface area contributed by atoms with E-state index in [1.165, 1.54) is 14.0 Å². The molecule has 0 radical (unpaired) electrons. The van der Waals surface area contributed by atoms with E-state index < -0.39 is 16.1 Å². The quantitative estimate of drug-likeness (QED) is 0.700. The van der Waals surface area contributed by atoms with Crippen LogP contribution in [0.2, 0.25) is 0 Å². The molecule has 0 heterocycles. The summed E-state index contributed by atoms with van der Waals surface area (Å²) in [6.07, 6.45) is 0.843. The summed E-state index contributed by atoms with van der Waals surface area (Å²) in [5, 5.41) is 2.75. The molecule has 0 fully saturated rings. The Hall–Kier alpha value is -1.60. The number of methoxy groups -OCH3 is 1. The average molecular weight is 371 g/mol. The van der Waals surface area contributed by atoms with Gasteiger partial charge in [0, 0.05) is 6.54 Å². The van der Waals surface area contributed by atoms with Gasteiger partial charge in [-0.25, -0.2) is 8.42 Å². The molecule has 7 heteroatoms. The van der Waals surface area contributed by atoms with Crippen molar-refractivity contribution >= 4 is 15.9 Å². The van der Waals surface area contributed by atoms with Crippen molar-refractivity contribution < 1.29 is 17.9 Å². The fraction of sp³-hybridized carbons (Fsp3) is 0.611. The van der Waals surface area contributed by atoms with Crippen LogP contribution in [0.1, 0.15) is 52.5 Å². The molecular weight excluding hydrogens is 340 g/mol. The zero-order valence-electron chi connectivity index (χ0n) is 15.9. The molecule has 0 saturated carbocycles. The van der Waals surface area contributed by atoms with Crippen LogP contribution in [0, 0.1) is 5.92 Å². The summed E-state index contributed by atoms with van der Waals surface area (Å²) in [6, 6.07) is 4.20. The number of rotatable bonds is 9. The van der Waals surface area contributed by atoms with Crippen LogP contribution in [0.15, 0.2) is 23.1 Å². The maximum Gasteiger partial charge on any atom is 0.244 e. The maximum atomic E-state index is 12.7. The predicted octanol–water partition coefficient (Wildman–Crippen LogP) is 2.65. The summed E-state index contributed by atoms with van der Waals surface area (Å²) < 4.78 is 33.0. The van der Waals surface area contributed by atoms with Crippen molar-refractivity contribution in [2.24, 2.45) is 5.92 Å². The number of sulfonamides is 1. The van der Waals surface area contributed by atoms with Crippen molar-refractivity contribution in [3.8, 4) is 5.75 Å². The topological polar surface area (TPSA) is 84.5 Å². The van der Waals surface area contributed by atoms with Gasteiger partial charge in [-0.05, 0) is 42.9 Å². The van der Waals surface area contributed by atoms with Gasteiger partial charge in [0.25, 0.3) is 0 Å². The summed E-state index contributed by atoms with van der Waals surface area (Å²) >= 11 is 0. The molecule has 0 aliphatic rings. The van der Waals surface area contributed by atoms with Crippen LogP contribution in [0.4, 0.5) is 0 Å². The van der Waals surface area contributed by atoms with E-state index in [2.05, 4.69) is 23.9 Å². The van der Waals surface area contributed by atoms with Crippen LogP contribution in [0.5, 0.6) is 5.75 Å². The van der Waals surface area contributed by atoms with E-state index in [-0.39, 0.29) is 22.5 Å². The van der Waals surface area contributed by atoms with E-state index in [0.717, 1.165) is 12.0 Å². The second-order valence-corrected chi connectivity index (χ2v) is 8.56. The number of hydrogen-bond donors (Lipinski definition) is 2. The third-order valence-electron chi connectivity index (χ3n) is 3.89. The van der Waals surface area contributed by atoms with Crippen LogP contribution >= 0.6 is 0 Å². The normalized spacial score (nSPS) is 13.1. The first-order valence-corrected chi connectivity index (χ1v) is 10.0. The van der Waals surface area contributed by atoms with Gasteiger partial charge in [0.2, 0.25) is 15.9 Å². The Balaban J connectivity index is 2.93. The number of carbonyl (C=O) groups is 1. The van der Waals surface area contributed by atoms with Crippen molar-refractivity contribution in [2.45, 2.75) is 57.9 Å². The molecule has 0 aromatic heterocycles. The minimum absolute atomic E-state index is 0.0445. The minimum atomic E-state index is -3.88. The largest absolute Gasteiger partial charge is 0.495 e. The maximum absolute atomic E-state index is 12.7. The van der Waals surface area contributed by atoms with Crippen molar-refractivity contribution in [3.05, 3.63) is 23.8 Å². The molecular formula is C18H30N2O4S. The third kappa shape index (κ3) is 6.32. The molecule has 1 atom stereocenters. The highest BCUT2D eigenvalue weighted by Crippen LogP contribution is 2.28. The van der Waals surface area contributed by atoms with E-state index in [1.807, 2.05) is 19.9 Å². The number of hydrogen-bond acceptors (Lipinski definition) is 4. The third-order valence-corrected chi connectivity index (χ3v) is 5.45. The number of ether oxygens (including phenoxy) is 1. The Bertz CT molecular complexity index is 684. The smallest absolute Gasteiger partial charge is 0.244 e. The standard InChI is InChI=1S/C18H30N2O4S/c1-12(2)9-10-19-18(21)14(5)20-25(22,23)17-11-15(13(3)4)7-8-16(17)24-6/h7-8,11-14,20H,9-10H2,1-6H3,(H,19,21). The Morgan fingerprint density at radius 3 is 2.32 bits per heavy atom. The zero-order chi connectivity index (χ0) is 19.2. The molecule has 0 spiro atoms. The predicted molar refractivity (Wildman–Crippen MR) is 99.3 cm³/mol. The lowest BCUT2D eigenvalue weighted by Gasteiger charge is -2.17. The van der Waals surface area contributed by atoms with Crippen LogP contribution in [-0.4, -0.2) is 34.0 Å². The molecule has 0 bridgehead atoms. The molecule has 25 heavy (non-hydrogen) atoms. The van der Waals surface area contributed by atoms with Crippen molar-refractivity contribution in [3.63, 3.8) is 0 Å². The van der Waals surface area contributed by atoms with E-state index in [0.29, 0.717) is 12.5 Å². The van der Waals surface area contributed by atoms with Crippen molar-refractivity contribution in [1.82, 2.24) is 10.0 Å². The average Bonchev–Trinajstić information content (AvgIpc) is 2.53. The number of nitrogens with one attached hydrogen (secondary N) is 2. The van der Waals surface area contributed by atoms with Gasteiger partial charge in [-0.1, -0.05) is 33.8 Å². The lowest BCUT2D eigenvalue weighted by atomic mass is 10.0. The molecule has 0 aliphatic heterocycles. The lowest BCUT2D eigenvalue weighted by Crippen LogP contribution is -2.45. The molecule has 0 saturated heterocycles. The van der Waals surface area contributed by atoms with Gasteiger partial charge < -0.3 is 10.1 Å². The Morgan fingerprint density at radius 1 is 1.16 bits per heavy atom. The number of benzene rings is 1. The van der Waals surface area contributed by atoms with Crippen molar-refractivity contribution in [1.29, 1.82) is 0 Å². The molecule has 1 unspecified atom stereocenters. The summed E-state index contributed by atoms with van der Waals surface area (Å²) in [4.78, 5) is 12.1. The molecule has 0 aliphatic carbocycles. The van der Waals surface area contributed by atoms with Crippen LogP contribution in [0.3, 0.4) is 0 Å². The molecule has 6 nitrogen and oxygen atoms in total. The second-order valence-electron chi connectivity index (χ2n) is 6.88. The van der Waals surface area contributed by atoms with Gasteiger partial charge in [0.15, 0.2) is 0 Å². The van der Waals surface area contributed by atoms with Crippen LogP contribution in [-0.2, 0) is 14.8 Å². The van der Waals surface area contributed by atoms with Crippen molar-refractivity contribution in [2.75, 3.05) is 13.7 Å². The highest BCUT2D eigenvalue weighted by Gasteiger charge is 2.25. The highest BCUT2D eigenvalue weighted by molar-refractivity contribution is 7.89.